The van der Waals surface area contributed by atoms with Gasteiger partial charge in [0.1, 0.15) is 0 Å². The van der Waals surface area contributed by atoms with Crippen LogP contribution in [-0.2, 0) is 17.8 Å². The molecular formula is C16H24N2O. The fourth-order valence-electron chi connectivity index (χ4n) is 2.24. The van der Waals surface area contributed by atoms with E-state index in [1.54, 1.807) is 7.11 Å². The van der Waals surface area contributed by atoms with Crippen LogP contribution < -0.4 is 5.32 Å². The van der Waals surface area contributed by atoms with Crippen LogP contribution in [0.25, 0.3) is 10.9 Å². The number of fused-ring (bicyclic) bond motifs is 1. The Morgan fingerprint density at radius 3 is 2.84 bits per heavy atom. The molecule has 0 unspecified atom stereocenters. The van der Waals surface area contributed by atoms with Crippen LogP contribution in [0.2, 0.25) is 0 Å². The third-order valence-electron chi connectivity index (χ3n) is 3.30. The molecule has 3 nitrogen and oxygen atoms in total. The first kappa shape index (κ1) is 14.1. The minimum atomic E-state index is 0.518. The van der Waals surface area contributed by atoms with Gasteiger partial charge in [0.25, 0.3) is 0 Å². The summed E-state index contributed by atoms with van der Waals surface area (Å²) in [5.74, 6) is 0. The van der Waals surface area contributed by atoms with E-state index in [0.29, 0.717) is 6.04 Å². The standard InChI is InChI=1S/C16H24N2O/c1-13(2)17-12-14-5-6-15-7-9-18(16(15)11-14)8-4-10-19-3/h5-7,9,11,13,17H,4,8,10,12H2,1-3H3. The molecule has 19 heavy (non-hydrogen) atoms. The zero-order valence-electron chi connectivity index (χ0n) is 12.1. The molecule has 1 heterocycles. The quantitative estimate of drug-likeness (QED) is 0.774. The Kier molecular flexibility index (Phi) is 5.00. The van der Waals surface area contributed by atoms with Gasteiger partial charge in [-0.1, -0.05) is 26.0 Å². The van der Waals surface area contributed by atoms with Gasteiger partial charge in [0.2, 0.25) is 0 Å². The highest BCUT2D eigenvalue weighted by atomic mass is 16.5. The second kappa shape index (κ2) is 6.73. The topological polar surface area (TPSA) is 26.2 Å². The van der Waals surface area contributed by atoms with Crippen molar-refractivity contribution in [3.05, 3.63) is 36.0 Å². The molecule has 2 aromatic rings. The largest absolute Gasteiger partial charge is 0.385 e. The SMILES string of the molecule is COCCCn1ccc2ccc(CNC(C)C)cc21. The molecule has 3 heteroatoms. The molecule has 0 atom stereocenters. The molecule has 0 fully saturated rings. The molecule has 0 amide bonds. The lowest BCUT2D eigenvalue weighted by Crippen LogP contribution is -2.21. The van der Waals surface area contributed by atoms with Gasteiger partial charge < -0.3 is 14.6 Å². The molecule has 0 aliphatic heterocycles. The summed E-state index contributed by atoms with van der Waals surface area (Å²) >= 11 is 0. The number of aromatic nitrogens is 1. The number of benzene rings is 1. The number of aryl methyl sites for hydroxylation is 1. The Morgan fingerprint density at radius 2 is 2.11 bits per heavy atom. The van der Waals surface area contributed by atoms with E-state index in [4.69, 9.17) is 4.74 Å². The molecule has 0 saturated carbocycles. The molecule has 0 saturated heterocycles. The third kappa shape index (κ3) is 3.82. The lowest BCUT2D eigenvalue weighted by Gasteiger charge is -2.09. The maximum Gasteiger partial charge on any atom is 0.0483 e. The van der Waals surface area contributed by atoms with E-state index in [9.17, 15) is 0 Å². The Balaban J connectivity index is 2.12. The monoisotopic (exact) mass is 260 g/mol. The van der Waals surface area contributed by atoms with E-state index in [1.165, 1.54) is 16.5 Å². The summed E-state index contributed by atoms with van der Waals surface area (Å²) in [5, 5.41) is 4.77. The van der Waals surface area contributed by atoms with E-state index in [1.807, 2.05) is 0 Å². The van der Waals surface area contributed by atoms with Crippen LogP contribution in [0.15, 0.2) is 30.5 Å². The summed E-state index contributed by atoms with van der Waals surface area (Å²) in [6.45, 7) is 7.10. The molecular weight excluding hydrogens is 236 g/mol. The number of nitrogens with zero attached hydrogens (tertiary/aromatic N) is 1. The van der Waals surface area contributed by atoms with Gasteiger partial charge in [-0.25, -0.2) is 0 Å². The number of ether oxygens (including phenoxy) is 1. The van der Waals surface area contributed by atoms with Crippen molar-refractivity contribution in [2.75, 3.05) is 13.7 Å². The fraction of sp³-hybridized carbons (Fsp3) is 0.500. The number of nitrogens with one attached hydrogen (secondary N) is 1. The van der Waals surface area contributed by atoms with Gasteiger partial charge >= 0.3 is 0 Å². The highest BCUT2D eigenvalue weighted by Gasteiger charge is 2.03. The third-order valence-corrected chi connectivity index (χ3v) is 3.30. The molecule has 2 rings (SSSR count). The normalized spacial score (nSPS) is 11.6. The maximum absolute atomic E-state index is 5.12. The van der Waals surface area contributed by atoms with Crippen LogP contribution in [0, 0.1) is 0 Å². The van der Waals surface area contributed by atoms with Gasteiger partial charge in [-0.05, 0) is 29.5 Å². The first-order chi connectivity index (χ1) is 9.20. The van der Waals surface area contributed by atoms with Gasteiger partial charge in [0.15, 0.2) is 0 Å². The Bertz CT molecular complexity index is 516. The summed E-state index contributed by atoms with van der Waals surface area (Å²) in [6, 6.07) is 9.40. The summed E-state index contributed by atoms with van der Waals surface area (Å²) in [7, 11) is 1.75. The second-order valence-electron chi connectivity index (χ2n) is 5.28. The molecule has 0 spiro atoms. The van der Waals surface area contributed by atoms with Gasteiger partial charge in [-0.3, -0.25) is 0 Å². The van der Waals surface area contributed by atoms with Crippen LogP contribution in [0.1, 0.15) is 25.8 Å². The number of hydrogen-bond donors (Lipinski definition) is 1. The zero-order chi connectivity index (χ0) is 13.7. The molecule has 1 aromatic heterocycles. The fourth-order valence-corrected chi connectivity index (χ4v) is 2.24. The van der Waals surface area contributed by atoms with Crippen LogP contribution in [-0.4, -0.2) is 24.3 Å². The van der Waals surface area contributed by atoms with Crippen LogP contribution >= 0.6 is 0 Å². The van der Waals surface area contributed by atoms with Gasteiger partial charge in [-0.2, -0.15) is 0 Å². The Labute approximate surface area is 115 Å². The first-order valence-corrected chi connectivity index (χ1v) is 7.01. The predicted octanol–water partition coefficient (Wildman–Crippen LogP) is 3.18. The highest BCUT2D eigenvalue weighted by molar-refractivity contribution is 5.80. The molecule has 104 valence electrons. The van der Waals surface area contributed by atoms with Crippen molar-refractivity contribution in [1.29, 1.82) is 0 Å². The average Bonchev–Trinajstić information content (AvgIpc) is 2.79. The van der Waals surface area contributed by atoms with E-state index >= 15 is 0 Å². The van der Waals surface area contributed by atoms with Crippen molar-refractivity contribution < 1.29 is 4.74 Å². The van der Waals surface area contributed by atoms with Crippen LogP contribution in [0.5, 0.6) is 0 Å². The van der Waals surface area contributed by atoms with Crippen molar-refractivity contribution in [1.82, 2.24) is 9.88 Å². The van der Waals surface area contributed by atoms with E-state index in [0.717, 1.165) is 26.1 Å². The number of methoxy groups -OCH3 is 1. The van der Waals surface area contributed by atoms with E-state index in [-0.39, 0.29) is 0 Å². The van der Waals surface area contributed by atoms with Crippen molar-refractivity contribution in [2.45, 2.75) is 39.4 Å². The smallest absolute Gasteiger partial charge is 0.0483 e. The molecule has 1 N–H and O–H groups in total. The average molecular weight is 260 g/mol. The van der Waals surface area contributed by atoms with Crippen LogP contribution in [0.3, 0.4) is 0 Å². The Morgan fingerprint density at radius 1 is 1.26 bits per heavy atom. The molecule has 0 bridgehead atoms. The summed E-state index contributed by atoms with van der Waals surface area (Å²) < 4.78 is 7.43. The van der Waals surface area contributed by atoms with Crippen molar-refractivity contribution in [3.8, 4) is 0 Å². The lowest BCUT2D eigenvalue weighted by molar-refractivity contribution is 0.190. The molecule has 0 aliphatic rings. The van der Waals surface area contributed by atoms with Gasteiger partial charge in [-0.15, -0.1) is 0 Å². The van der Waals surface area contributed by atoms with Crippen molar-refractivity contribution >= 4 is 10.9 Å². The molecule has 0 aliphatic carbocycles. The van der Waals surface area contributed by atoms with E-state index < -0.39 is 0 Å². The minimum absolute atomic E-state index is 0.518. The Hall–Kier alpha value is -1.32. The predicted molar refractivity (Wildman–Crippen MR) is 80.4 cm³/mol. The second-order valence-corrected chi connectivity index (χ2v) is 5.28. The van der Waals surface area contributed by atoms with Gasteiger partial charge in [0, 0.05) is 44.6 Å². The van der Waals surface area contributed by atoms with E-state index in [2.05, 4.69) is 54.2 Å². The van der Waals surface area contributed by atoms with Crippen LogP contribution in [0.4, 0.5) is 0 Å². The maximum atomic E-state index is 5.12. The van der Waals surface area contributed by atoms with Crippen molar-refractivity contribution in [3.63, 3.8) is 0 Å². The zero-order valence-corrected chi connectivity index (χ0v) is 12.1. The minimum Gasteiger partial charge on any atom is -0.385 e. The number of rotatable bonds is 7. The van der Waals surface area contributed by atoms with Crippen molar-refractivity contribution in [2.24, 2.45) is 0 Å². The summed E-state index contributed by atoms with van der Waals surface area (Å²) in [5.41, 5.74) is 2.66. The summed E-state index contributed by atoms with van der Waals surface area (Å²) in [6.07, 6.45) is 3.22. The lowest BCUT2D eigenvalue weighted by atomic mass is 10.1. The first-order valence-electron chi connectivity index (χ1n) is 7.01. The van der Waals surface area contributed by atoms with Gasteiger partial charge in [0.05, 0.1) is 0 Å². The molecule has 0 radical (unpaired) electrons. The number of hydrogen-bond acceptors (Lipinski definition) is 2. The highest BCUT2D eigenvalue weighted by Crippen LogP contribution is 2.18. The summed E-state index contributed by atoms with van der Waals surface area (Å²) in [4.78, 5) is 0. The molecule has 1 aromatic carbocycles.